The fourth-order valence-electron chi connectivity index (χ4n) is 4.62. The molecule has 3 aromatic rings. The summed E-state index contributed by atoms with van der Waals surface area (Å²) in [6.07, 6.45) is 0.723. The van der Waals surface area contributed by atoms with Crippen LogP contribution in [0.1, 0.15) is 66.6 Å². The van der Waals surface area contributed by atoms with Crippen LogP contribution in [-0.4, -0.2) is 50.4 Å². The van der Waals surface area contributed by atoms with Crippen molar-refractivity contribution < 1.29 is 37.7 Å². The highest BCUT2D eigenvalue weighted by Crippen LogP contribution is 2.35. The van der Waals surface area contributed by atoms with Gasteiger partial charge in [0.1, 0.15) is 5.75 Å². The standard InChI is InChI=1S/C28H30F3N3O5/c1-27(38,26(36)37)17-32-25(35)21-9-7-18(8-10-21)16-34-24(20-5-3-2-4-6-20)15-23(33-34)19-11-13-22(14-12-19)39-28(29,30)31/h7-15,20,38H,2-6,16-17H2,1H3,(H,32,35)(H,36,37)/t27-/m1/s1. The Morgan fingerprint density at radius 1 is 1.05 bits per heavy atom. The van der Waals surface area contributed by atoms with E-state index in [2.05, 4.69) is 10.1 Å². The Morgan fingerprint density at radius 3 is 2.28 bits per heavy atom. The Bertz CT molecular complexity index is 1300. The third kappa shape index (κ3) is 7.38. The Labute approximate surface area is 223 Å². The Hall–Kier alpha value is -3.86. The predicted octanol–water partition coefficient (Wildman–Crippen LogP) is 5.11. The van der Waals surface area contributed by atoms with E-state index in [0.29, 0.717) is 29.3 Å². The minimum Gasteiger partial charge on any atom is -0.479 e. The summed E-state index contributed by atoms with van der Waals surface area (Å²) in [5, 5.41) is 26.0. The molecule has 1 amide bonds. The fourth-order valence-corrected chi connectivity index (χ4v) is 4.62. The zero-order valence-corrected chi connectivity index (χ0v) is 21.4. The average Bonchev–Trinajstić information content (AvgIpc) is 3.31. The van der Waals surface area contributed by atoms with Crippen molar-refractivity contribution in [2.45, 2.75) is 63.5 Å². The first-order valence-electron chi connectivity index (χ1n) is 12.7. The molecule has 4 rings (SSSR count). The average molecular weight is 546 g/mol. The van der Waals surface area contributed by atoms with Crippen molar-refractivity contribution >= 4 is 11.9 Å². The van der Waals surface area contributed by atoms with E-state index in [1.165, 1.54) is 18.6 Å². The number of hydrogen-bond donors (Lipinski definition) is 3. The molecular weight excluding hydrogens is 515 g/mol. The van der Waals surface area contributed by atoms with E-state index in [4.69, 9.17) is 10.2 Å². The van der Waals surface area contributed by atoms with Gasteiger partial charge in [-0.15, -0.1) is 13.2 Å². The number of hydrogen-bond acceptors (Lipinski definition) is 5. The number of nitrogens with zero attached hydrogens (tertiary/aromatic N) is 2. The number of carbonyl (C=O) groups is 2. The summed E-state index contributed by atoms with van der Waals surface area (Å²) in [5.41, 5.74) is 1.49. The van der Waals surface area contributed by atoms with Crippen molar-refractivity contribution in [3.8, 4) is 17.0 Å². The van der Waals surface area contributed by atoms with E-state index in [1.54, 1.807) is 36.4 Å². The van der Waals surface area contributed by atoms with Gasteiger partial charge in [-0.05, 0) is 67.8 Å². The largest absolute Gasteiger partial charge is 0.573 e. The number of carboxylic acid groups (broad SMARTS) is 1. The molecule has 0 spiro atoms. The highest BCUT2D eigenvalue weighted by atomic mass is 19.4. The number of halogens is 3. The molecule has 1 atom stereocenters. The van der Waals surface area contributed by atoms with Crippen LogP contribution in [0.5, 0.6) is 5.75 Å². The van der Waals surface area contributed by atoms with Crippen molar-refractivity contribution in [2.75, 3.05) is 6.54 Å². The molecule has 8 nitrogen and oxygen atoms in total. The molecule has 1 fully saturated rings. The van der Waals surface area contributed by atoms with E-state index in [-0.39, 0.29) is 5.75 Å². The van der Waals surface area contributed by atoms with Gasteiger partial charge in [-0.25, -0.2) is 4.79 Å². The number of carbonyl (C=O) groups excluding carboxylic acids is 1. The number of nitrogens with one attached hydrogen (secondary N) is 1. The van der Waals surface area contributed by atoms with Crippen molar-refractivity contribution in [3.05, 3.63) is 71.4 Å². The van der Waals surface area contributed by atoms with E-state index < -0.39 is 30.4 Å². The Morgan fingerprint density at radius 2 is 1.69 bits per heavy atom. The van der Waals surface area contributed by atoms with Gasteiger partial charge in [0.2, 0.25) is 0 Å². The lowest BCUT2D eigenvalue weighted by Crippen LogP contribution is -2.46. The van der Waals surface area contributed by atoms with Gasteiger partial charge in [0, 0.05) is 22.7 Å². The second-order valence-corrected chi connectivity index (χ2v) is 9.98. The monoisotopic (exact) mass is 545 g/mol. The van der Waals surface area contributed by atoms with E-state index in [1.807, 2.05) is 10.7 Å². The van der Waals surface area contributed by atoms with Crippen LogP contribution in [0.4, 0.5) is 13.2 Å². The quantitative estimate of drug-likeness (QED) is 0.344. The summed E-state index contributed by atoms with van der Waals surface area (Å²) in [5.74, 6) is -1.92. The van der Waals surface area contributed by atoms with Crippen LogP contribution in [0.2, 0.25) is 0 Å². The fraction of sp³-hybridized carbons (Fsp3) is 0.393. The maximum Gasteiger partial charge on any atom is 0.573 e. The van der Waals surface area contributed by atoms with E-state index in [9.17, 15) is 27.9 Å². The number of benzene rings is 2. The first-order valence-corrected chi connectivity index (χ1v) is 12.7. The molecule has 0 saturated heterocycles. The molecule has 11 heteroatoms. The lowest BCUT2D eigenvalue weighted by atomic mass is 9.86. The van der Waals surface area contributed by atoms with Crippen LogP contribution < -0.4 is 10.1 Å². The second kappa shape index (κ2) is 11.5. The molecule has 1 heterocycles. The topological polar surface area (TPSA) is 114 Å². The lowest BCUT2D eigenvalue weighted by Gasteiger charge is -2.22. The molecule has 3 N–H and O–H groups in total. The Balaban J connectivity index is 1.52. The molecule has 1 aliphatic rings. The summed E-state index contributed by atoms with van der Waals surface area (Å²) in [6.45, 7) is 1.09. The smallest absolute Gasteiger partial charge is 0.479 e. The number of carboxylic acids is 1. The SMILES string of the molecule is C[C@@](O)(CNC(=O)c1ccc(Cn2nc(-c3ccc(OC(F)(F)F)cc3)cc2C2CCCCC2)cc1)C(=O)O. The predicted molar refractivity (Wildman–Crippen MR) is 136 cm³/mol. The second-order valence-electron chi connectivity index (χ2n) is 9.98. The van der Waals surface area contributed by atoms with Crippen molar-refractivity contribution in [2.24, 2.45) is 0 Å². The molecule has 2 aromatic carbocycles. The highest BCUT2D eigenvalue weighted by molar-refractivity contribution is 5.94. The maximum atomic E-state index is 12.5. The number of aliphatic hydroxyl groups is 1. The summed E-state index contributed by atoms with van der Waals surface area (Å²) in [6, 6.07) is 14.4. The van der Waals surface area contributed by atoms with Crippen LogP contribution in [-0.2, 0) is 11.3 Å². The van der Waals surface area contributed by atoms with Crippen LogP contribution in [0.15, 0.2) is 54.6 Å². The minimum atomic E-state index is -4.76. The molecule has 1 saturated carbocycles. The number of aromatic nitrogens is 2. The molecule has 0 unspecified atom stereocenters. The number of ether oxygens (including phenoxy) is 1. The van der Waals surface area contributed by atoms with Gasteiger partial charge in [0.25, 0.3) is 5.91 Å². The van der Waals surface area contributed by atoms with Gasteiger partial charge < -0.3 is 20.3 Å². The number of alkyl halides is 3. The highest BCUT2D eigenvalue weighted by Gasteiger charge is 2.31. The van der Waals surface area contributed by atoms with Gasteiger partial charge in [0.05, 0.1) is 18.8 Å². The first kappa shape index (κ1) is 28.2. The van der Waals surface area contributed by atoms with Crippen LogP contribution in [0.25, 0.3) is 11.3 Å². The molecule has 39 heavy (non-hydrogen) atoms. The van der Waals surface area contributed by atoms with E-state index >= 15 is 0 Å². The van der Waals surface area contributed by atoms with Gasteiger partial charge in [-0.3, -0.25) is 9.48 Å². The zero-order chi connectivity index (χ0) is 28.2. The molecule has 208 valence electrons. The first-order chi connectivity index (χ1) is 18.4. The molecular formula is C28H30F3N3O5. The third-order valence-electron chi connectivity index (χ3n) is 6.82. The molecule has 0 bridgehead atoms. The third-order valence-corrected chi connectivity index (χ3v) is 6.82. The van der Waals surface area contributed by atoms with Gasteiger partial charge >= 0.3 is 12.3 Å². The summed E-state index contributed by atoms with van der Waals surface area (Å²) < 4.78 is 43.5. The molecule has 1 aliphatic carbocycles. The van der Waals surface area contributed by atoms with Crippen LogP contribution in [0, 0.1) is 0 Å². The van der Waals surface area contributed by atoms with Crippen molar-refractivity contribution in [1.82, 2.24) is 15.1 Å². The van der Waals surface area contributed by atoms with Crippen LogP contribution in [0.3, 0.4) is 0 Å². The van der Waals surface area contributed by atoms with Crippen LogP contribution >= 0.6 is 0 Å². The van der Waals surface area contributed by atoms with Gasteiger partial charge in [-0.1, -0.05) is 31.4 Å². The molecule has 0 aliphatic heterocycles. The summed E-state index contributed by atoms with van der Waals surface area (Å²) in [4.78, 5) is 23.4. The maximum absolute atomic E-state index is 12.5. The number of aliphatic carboxylic acids is 1. The number of rotatable bonds is 9. The van der Waals surface area contributed by atoms with Gasteiger partial charge in [-0.2, -0.15) is 5.10 Å². The van der Waals surface area contributed by atoms with Crippen molar-refractivity contribution in [1.29, 1.82) is 0 Å². The van der Waals surface area contributed by atoms with Gasteiger partial charge in [0.15, 0.2) is 5.60 Å². The Kier molecular flexibility index (Phi) is 8.29. The van der Waals surface area contributed by atoms with E-state index in [0.717, 1.165) is 43.9 Å². The summed E-state index contributed by atoms with van der Waals surface area (Å²) >= 11 is 0. The lowest BCUT2D eigenvalue weighted by molar-refractivity contribution is -0.274. The van der Waals surface area contributed by atoms with Crippen molar-refractivity contribution in [3.63, 3.8) is 0 Å². The normalized spacial score (nSPS) is 15.9. The molecule has 1 aromatic heterocycles. The summed E-state index contributed by atoms with van der Waals surface area (Å²) in [7, 11) is 0. The zero-order valence-electron chi connectivity index (χ0n) is 21.4. The molecule has 0 radical (unpaired) electrons. The minimum absolute atomic E-state index is 0.297. The number of amides is 1.